The van der Waals surface area contributed by atoms with Gasteiger partial charge in [-0.2, -0.15) is 0 Å². The molecule has 1 aromatic rings. The van der Waals surface area contributed by atoms with E-state index in [-0.39, 0.29) is 24.2 Å². The molecule has 0 radical (unpaired) electrons. The van der Waals surface area contributed by atoms with Gasteiger partial charge in [-0.3, -0.25) is 0 Å². The molecule has 0 fully saturated rings. The lowest BCUT2D eigenvalue weighted by Gasteiger charge is -2.14. The molecule has 5 nitrogen and oxygen atoms in total. The number of aryl methyl sites for hydroxylation is 1. The summed E-state index contributed by atoms with van der Waals surface area (Å²) in [5, 5.41) is 9.11. The van der Waals surface area contributed by atoms with E-state index in [1.807, 2.05) is 6.92 Å². The summed E-state index contributed by atoms with van der Waals surface area (Å²) >= 11 is 0. The second-order valence-corrected chi connectivity index (χ2v) is 6.09. The minimum Gasteiger partial charge on any atom is -0.392 e. The van der Waals surface area contributed by atoms with Crippen molar-refractivity contribution in [1.82, 2.24) is 4.72 Å². The summed E-state index contributed by atoms with van der Waals surface area (Å²) in [5.41, 5.74) is 1.31. The first kappa shape index (κ1) is 16.1. The summed E-state index contributed by atoms with van der Waals surface area (Å²) in [6.45, 7) is 3.71. The molecule has 2 N–H and O–H groups in total. The molecule has 0 aromatic heterocycles. The number of benzene rings is 1. The molecule has 0 saturated heterocycles. The Kier molecular flexibility index (Phi) is 5.93. The highest BCUT2D eigenvalue weighted by atomic mass is 32.2. The van der Waals surface area contributed by atoms with E-state index in [2.05, 4.69) is 4.72 Å². The molecule has 0 heterocycles. The Morgan fingerprint density at radius 1 is 1.42 bits per heavy atom. The molecule has 6 heteroatoms. The summed E-state index contributed by atoms with van der Waals surface area (Å²) in [4.78, 5) is 0.227. The average molecular weight is 287 g/mol. The largest absolute Gasteiger partial charge is 0.392 e. The summed E-state index contributed by atoms with van der Waals surface area (Å²) in [6.07, 6.45) is 0.419. The number of aliphatic hydroxyl groups excluding tert-OH is 1. The zero-order chi connectivity index (χ0) is 14.5. The minimum atomic E-state index is -3.58. The second-order valence-electron chi connectivity index (χ2n) is 4.35. The molecule has 19 heavy (non-hydrogen) atoms. The van der Waals surface area contributed by atoms with Crippen LogP contribution in [0.15, 0.2) is 23.1 Å². The van der Waals surface area contributed by atoms with E-state index in [9.17, 15) is 8.42 Å². The van der Waals surface area contributed by atoms with Gasteiger partial charge in [0.15, 0.2) is 0 Å². The Bertz CT molecular complexity index is 513. The minimum absolute atomic E-state index is 0.180. The van der Waals surface area contributed by atoms with E-state index in [4.69, 9.17) is 9.84 Å². The first-order chi connectivity index (χ1) is 8.94. The SMILES string of the molecule is CCc1ccc(CO)cc1S(=O)(=O)NCC(C)OC. The summed E-state index contributed by atoms with van der Waals surface area (Å²) in [5.74, 6) is 0. The molecule has 0 aliphatic heterocycles. The maximum Gasteiger partial charge on any atom is 0.240 e. The van der Waals surface area contributed by atoms with Gasteiger partial charge >= 0.3 is 0 Å². The van der Waals surface area contributed by atoms with Crippen LogP contribution in [0.25, 0.3) is 0 Å². The molecule has 0 aliphatic rings. The molecule has 0 saturated carbocycles. The van der Waals surface area contributed by atoms with E-state index < -0.39 is 10.0 Å². The fraction of sp³-hybridized carbons (Fsp3) is 0.538. The Morgan fingerprint density at radius 3 is 2.63 bits per heavy atom. The van der Waals surface area contributed by atoms with Crippen molar-refractivity contribution in [3.63, 3.8) is 0 Å². The Morgan fingerprint density at radius 2 is 2.11 bits per heavy atom. The van der Waals surface area contributed by atoms with Crippen molar-refractivity contribution in [2.24, 2.45) is 0 Å². The van der Waals surface area contributed by atoms with Crippen LogP contribution in [-0.2, 0) is 27.8 Å². The first-order valence-electron chi connectivity index (χ1n) is 6.19. The molecule has 108 valence electrons. The fourth-order valence-electron chi connectivity index (χ4n) is 1.63. The van der Waals surface area contributed by atoms with Crippen LogP contribution in [-0.4, -0.2) is 33.3 Å². The highest BCUT2D eigenvalue weighted by molar-refractivity contribution is 7.89. The maximum atomic E-state index is 12.3. The average Bonchev–Trinajstić information content (AvgIpc) is 2.43. The molecule has 1 rings (SSSR count). The van der Waals surface area contributed by atoms with Crippen molar-refractivity contribution < 1.29 is 18.3 Å². The Hall–Kier alpha value is -0.950. The number of hydrogen-bond donors (Lipinski definition) is 2. The highest BCUT2D eigenvalue weighted by Gasteiger charge is 2.19. The van der Waals surface area contributed by atoms with Crippen molar-refractivity contribution in [2.75, 3.05) is 13.7 Å². The fourth-order valence-corrected chi connectivity index (χ4v) is 3.10. The van der Waals surface area contributed by atoms with Crippen molar-refractivity contribution in [3.8, 4) is 0 Å². The van der Waals surface area contributed by atoms with Gasteiger partial charge in [-0.15, -0.1) is 0 Å². The smallest absolute Gasteiger partial charge is 0.240 e. The number of ether oxygens (including phenoxy) is 1. The molecule has 0 bridgehead atoms. The molecule has 0 aliphatic carbocycles. The third-order valence-corrected chi connectivity index (χ3v) is 4.45. The van der Waals surface area contributed by atoms with Gasteiger partial charge in [0.2, 0.25) is 10.0 Å². The number of aliphatic hydroxyl groups is 1. The van der Waals surface area contributed by atoms with E-state index in [0.29, 0.717) is 12.0 Å². The number of methoxy groups -OCH3 is 1. The van der Waals surface area contributed by atoms with Gasteiger partial charge in [-0.05, 0) is 30.5 Å². The van der Waals surface area contributed by atoms with E-state index >= 15 is 0 Å². The van der Waals surface area contributed by atoms with Crippen molar-refractivity contribution in [3.05, 3.63) is 29.3 Å². The third kappa shape index (κ3) is 4.28. The van der Waals surface area contributed by atoms with Crippen LogP contribution in [0.3, 0.4) is 0 Å². The standard InChI is InChI=1S/C13H21NO4S/c1-4-12-6-5-11(9-15)7-13(12)19(16,17)14-8-10(2)18-3/h5-7,10,14-15H,4,8-9H2,1-3H3. The second kappa shape index (κ2) is 7.00. The van der Waals surface area contributed by atoms with Crippen LogP contribution in [0.1, 0.15) is 25.0 Å². The summed E-state index contributed by atoms with van der Waals surface area (Å²) in [6, 6.07) is 4.98. The van der Waals surface area contributed by atoms with Gasteiger partial charge in [0, 0.05) is 13.7 Å². The van der Waals surface area contributed by atoms with E-state index in [1.54, 1.807) is 19.1 Å². The van der Waals surface area contributed by atoms with Gasteiger partial charge in [0.05, 0.1) is 17.6 Å². The molecule has 0 amide bonds. The topological polar surface area (TPSA) is 75.6 Å². The number of nitrogens with one attached hydrogen (secondary N) is 1. The molecular weight excluding hydrogens is 266 g/mol. The quantitative estimate of drug-likeness (QED) is 0.786. The van der Waals surface area contributed by atoms with Crippen LogP contribution in [0, 0.1) is 0 Å². The zero-order valence-corrected chi connectivity index (χ0v) is 12.3. The van der Waals surface area contributed by atoms with E-state index in [1.165, 1.54) is 13.2 Å². The predicted molar refractivity (Wildman–Crippen MR) is 73.4 cm³/mol. The van der Waals surface area contributed by atoms with Crippen molar-refractivity contribution in [2.45, 2.75) is 37.9 Å². The molecular formula is C13H21NO4S. The number of rotatable bonds is 7. The zero-order valence-electron chi connectivity index (χ0n) is 11.5. The lowest BCUT2D eigenvalue weighted by molar-refractivity contribution is 0.122. The number of hydrogen-bond acceptors (Lipinski definition) is 4. The third-order valence-electron chi connectivity index (χ3n) is 2.95. The van der Waals surface area contributed by atoms with Crippen LogP contribution in [0.4, 0.5) is 0 Å². The normalized spacial score (nSPS) is 13.5. The molecule has 1 unspecified atom stereocenters. The van der Waals surface area contributed by atoms with Crippen LogP contribution >= 0.6 is 0 Å². The van der Waals surface area contributed by atoms with Gasteiger partial charge in [-0.25, -0.2) is 13.1 Å². The maximum absolute atomic E-state index is 12.3. The number of sulfonamides is 1. The van der Waals surface area contributed by atoms with Gasteiger partial charge in [0.25, 0.3) is 0 Å². The van der Waals surface area contributed by atoms with Crippen LogP contribution in [0.2, 0.25) is 0 Å². The predicted octanol–water partition coefficient (Wildman–Crippen LogP) is 1.05. The van der Waals surface area contributed by atoms with E-state index in [0.717, 1.165) is 5.56 Å². The van der Waals surface area contributed by atoms with Crippen molar-refractivity contribution in [1.29, 1.82) is 0 Å². The van der Waals surface area contributed by atoms with Crippen molar-refractivity contribution >= 4 is 10.0 Å². The Balaban J connectivity index is 3.05. The van der Waals surface area contributed by atoms with Gasteiger partial charge in [0.1, 0.15) is 0 Å². The monoisotopic (exact) mass is 287 g/mol. The lowest BCUT2D eigenvalue weighted by atomic mass is 10.1. The van der Waals surface area contributed by atoms with Gasteiger partial charge in [-0.1, -0.05) is 19.1 Å². The lowest BCUT2D eigenvalue weighted by Crippen LogP contribution is -2.32. The Labute approximate surface area is 114 Å². The summed E-state index contributed by atoms with van der Waals surface area (Å²) < 4.78 is 32.0. The highest BCUT2D eigenvalue weighted by Crippen LogP contribution is 2.18. The molecule has 0 spiro atoms. The van der Waals surface area contributed by atoms with Gasteiger partial charge < -0.3 is 9.84 Å². The molecule has 1 atom stereocenters. The first-order valence-corrected chi connectivity index (χ1v) is 7.68. The van der Waals surface area contributed by atoms with Crippen LogP contribution < -0.4 is 4.72 Å². The van der Waals surface area contributed by atoms with Crippen LogP contribution in [0.5, 0.6) is 0 Å². The molecule has 1 aromatic carbocycles. The summed E-state index contributed by atoms with van der Waals surface area (Å²) in [7, 11) is -2.05.